The van der Waals surface area contributed by atoms with Crippen LogP contribution in [0.5, 0.6) is 5.75 Å². The van der Waals surface area contributed by atoms with Gasteiger partial charge in [0, 0.05) is 10.6 Å². The summed E-state index contributed by atoms with van der Waals surface area (Å²) in [4.78, 5) is 35.6. The van der Waals surface area contributed by atoms with Gasteiger partial charge >= 0.3 is 0 Å². The van der Waals surface area contributed by atoms with E-state index in [1.807, 2.05) is 13.8 Å². The number of nitrogens with two attached hydrogens (primary N) is 1. The summed E-state index contributed by atoms with van der Waals surface area (Å²) in [6, 6.07) is 12.3. The fourth-order valence-electron chi connectivity index (χ4n) is 2.41. The minimum atomic E-state index is -0.769. The van der Waals surface area contributed by atoms with Gasteiger partial charge in [0.05, 0.1) is 6.21 Å². The van der Waals surface area contributed by atoms with E-state index < -0.39 is 17.9 Å². The third-order valence-corrected chi connectivity index (χ3v) is 4.24. The molecule has 2 rings (SSSR count). The number of rotatable bonds is 9. The van der Waals surface area contributed by atoms with Gasteiger partial charge in [-0.25, -0.2) is 5.43 Å². The highest BCUT2D eigenvalue weighted by atomic mass is 35.5. The predicted octanol–water partition coefficient (Wildman–Crippen LogP) is 2.11. The molecule has 0 fully saturated rings. The summed E-state index contributed by atoms with van der Waals surface area (Å²) >= 11 is 5.83. The van der Waals surface area contributed by atoms with E-state index in [9.17, 15) is 14.4 Å². The molecule has 0 bridgehead atoms. The molecule has 0 spiro atoms. The van der Waals surface area contributed by atoms with Gasteiger partial charge in [0.2, 0.25) is 0 Å². The number of nitrogens with one attached hydrogen (secondary N) is 2. The Balaban J connectivity index is 1.93. The maximum atomic E-state index is 12.5. The molecular formula is C21H23ClN4O4. The van der Waals surface area contributed by atoms with E-state index in [-0.39, 0.29) is 18.4 Å². The lowest BCUT2D eigenvalue weighted by molar-refractivity contribution is -0.124. The highest BCUT2D eigenvalue weighted by Crippen LogP contribution is 2.12. The van der Waals surface area contributed by atoms with Gasteiger partial charge in [0.1, 0.15) is 11.8 Å². The minimum absolute atomic E-state index is 0.155. The monoisotopic (exact) mass is 430 g/mol. The predicted molar refractivity (Wildman–Crippen MR) is 114 cm³/mol. The summed E-state index contributed by atoms with van der Waals surface area (Å²) in [5.74, 6) is -1.05. The second kappa shape index (κ2) is 11.0. The van der Waals surface area contributed by atoms with Crippen molar-refractivity contribution in [2.75, 3.05) is 6.61 Å². The first-order valence-electron chi connectivity index (χ1n) is 9.16. The smallest absolute Gasteiger partial charge is 0.262 e. The van der Waals surface area contributed by atoms with Gasteiger partial charge in [-0.3, -0.25) is 14.4 Å². The van der Waals surface area contributed by atoms with E-state index >= 15 is 0 Å². The third-order valence-electron chi connectivity index (χ3n) is 3.99. The maximum absolute atomic E-state index is 12.5. The number of carbonyl (C=O) groups is 3. The Labute approximate surface area is 179 Å². The molecule has 0 aliphatic carbocycles. The summed E-state index contributed by atoms with van der Waals surface area (Å²) in [6.45, 7) is 3.43. The number of benzene rings is 2. The number of nitrogens with zero attached hydrogens (tertiary/aromatic N) is 1. The van der Waals surface area contributed by atoms with E-state index in [1.165, 1.54) is 6.21 Å². The molecule has 0 radical (unpaired) electrons. The lowest BCUT2D eigenvalue weighted by Crippen LogP contribution is -2.48. The van der Waals surface area contributed by atoms with Gasteiger partial charge in [0.15, 0.2) is 6.61 Å². The molecule has 0 saturated heterocycles. The number of primary amides is 1. The number of hydrazone groups is 1. The zero-order chi connectivity index (χ0) is 22.1. The molecule has 3 amide bonds. The summed E-state index contributed by atoms with van der Waals surface area (Å²) in [6.07, 6.45) is 1.45. The number of hydrogen-bond acceptors (Lipinski definition) is 5. The van der Waals surface area contributed by atoms with Crippen molar-refractivity contribution in [2.45, 2.75) is 19.9 Å². The van der Waals surface area contributed by atoms with Crippen LogP contribution < -0.4 is 21.2 Å². The molecule has 0 saturated carbocycles. The van der Waals surface area contributed by atoms with Crippen LogP contribution in [0.2, 0.25) is 5.02 Å². The van der Waals surface area contributed by atoms with Crippen LogP contribution in [0.1, 0.15) is 29.8 Å². The SMILES string of the molecule is CC(C)C(NC(=O)c1ccc(Cl)cc1)C(=O)NN=Cc1ccc(OCC(N)=O)cc1. The summed E-state index contributed by atoms with van der Waals surface area (Å²) in [5.41, 5.74) is 8.56. The van der Waals surface area contributed by atoms with Crippen molar-refractivity contribution in [1.82, 2.24) is 10.7 Å². The Bertz CT molecular complexity index is 912. The molecule has 0 aromatic heterocycles. The highest BCUT2D eigenvalue weighted by Gasteiger charge is 2.24. The van der Waals surface area contributed by atoms with Crippen LogP contribution in [0.4, 0.5) is 0 Å². The highest BCUT2D eigenvalue weighted by molar-refractivity contribution is 6.30. The number of carbonyl (C=O) groups excluding carboxylic acids is 3. The lowest BCUT2D eigenvalue weighted by Gasteiger charge is -2.20. The van der Waals surface area contributed by atoms with Crippen LogP contribution in [0.3, 0.4) is 0 Å². The van der Waals surface area contributed by atoms with Gasteiger partial charge in [-0.05, 0) is 60.0 Å². The second-order valence-corrected chi connectivity index (χ2v) is 7.20. The third kappa shape index (κ3) is 7.21. The zero-order valence-electron chi connectivity index (χ0n) is 16.6. The standard InChI is InChI=1S/C21H23ClN4O4/c1-13(2)19(25-20(28)15-5-7-16(22)8-6-15)21(29)26-24-11-14-3-9-17(10-4-14)30-12-18(23)27/h3-11,13,19H,12H2,1-2H3,(H2,23,27)(H,25,28)(H,26,29). The molecule has 0 aliphatic heterocycles. The first kappa shape index (κ1) is 22.9. The van der Waals surface area contributed by atoms with Crippen molar-refractivity contribution in [1.29, 1.82) is 0 Å². The molecule has 158 valence electrons. The first-order chi connectivity index (χ1) is 14.3. The van der Waals surface area contributed by atoms with Gasteiger partial charge < -0.3 is 15.8 Å². The summed E-state index contributed by atoms with van der Waals surface area (Å²) < 4.78 is 5.17. The molecule has 9 heteroatoms. The Morgan fingerprint density at radius 3 is 2.30 bits per heavy atom. The van der Waals surface area contributed by atoms with Crippen molar-refractivity contribution < 1.29 is 19.1 Å². The number of amides is 3. The Kier molecular flexibility index (Phi) is 8.37. The van der Waals surface area contributed by atoms with Gasteiger partial charge in [-0.1, -0.05) is 25.4 Å². The van der Waals surface area contributed by atoms with E-state index in [0.29, 0.717) is 21.9 Å². The largest absolute Gasteiger partial charge is 0.484 e. The molecule has 2 aromatic carbocycles. The van der Waals surface area contributed by atoms with Crippen LogP contribution >= 0.6 is 11.6 Å². The van der Waals surface area contributed by atoms with Crippen LogP contribution in [-0.4, -0.2) is 36.6 Å². The topological polar surface area (TPSA) is 123 Å². The van der Waals surface area contributed by atoms with Crippen molar-refractivity contribution in [3.8, 4) is 5.75 Å². The minimum Gasteiger partial charge on any atom is -0.484 e. The fourth-order valence-corrected chi connectivity index (χ4v) is 2.53. The average molecular weight is 431 g/mol. The average Bonchev–Trinajstić information content (AvgIpc) is 2.71. The molecule has 0 aliphatic rings. The number of hydrogen-bond donors (Lipinski definition) is 3. The number of ether oxygens (including phenoxy) is 1. The second-order valence-electron chi connectivity index (χ2n) is 6.76. The normalized spacial score (nSPS) is 11.9. The van der Waals surface area contributed by atoms with Crippen LogP contribution in [0.15, 0.2) is 53.6 Å². The zero-order valence-corrected chi connectivity index (χ0v) is 17.3. The van der Waals surface area contributed by atoms with E-state index in [2.05, 4.69) is 15.8 Å². The fraction of sp³-hybridized carbons (Fsp3) is 0.238. The van der Waals surface area contributed by atoms with Crippen LogP contribution in [-0.2, 0) is 9.59 Å². The van der Waals surface area contributed by atoms with E-state index in [0.717, 1.165) is 0 Å². The summed E-state index contributed by atoms with van der Waals surface area (Å²) in [7, 11) is 0. The van der Waals surface area contributed by atoms with E-state index in [4.69, 9.17) is 22.1 Å². The van der Waals surface area contributed by atoms with Crippen LogP contribution in [0.25, 0.3) is 0 Å². The van der Waals surface area contributed by atoms with Gasteiger partial charge in [0.25, 0.3) is 17.7 Å². The lowest BCUT2D eigenvalue weighted by atomic mass is 10.0. The van der Waals surface area contributed by atoms with Crippen molar-refractivity contribution in [3.63, 3.8) is 0 Å². The van der Waals surface area contributed by atoms with Gasteiger partial charge in [-0.15, -0.1) is 0 Å². The van der Waals surface area contributed by atoms with Gasteiger partial charge in [-0.2, -0.15) is 5.10 Å². The quantitative estimate of drug-likeness (QED) is 0.416. The molecule has 30 heavy (non-hydrogen) atoms. The van der Waals surface area contributed by atoms with Crippen LogP contribution in [0, 0.1) is 5.92 Å². The maximum Gasteiger partial charge on any atom is 0.262 e. The molecule has 2 aromatic rings. The summed E-state index contributed by atoms with van der Waals surface area (Å²) in [5, 5.41) is 7.16. The molecule has 1 unspecified atom stereocenters. The Morgan fingerprint density at radius 2 is 1.73 bits per heavy atom. The Hall–Kier alpha value is -3.39. The molecule has 8 nitrogen and oxygen atoms in total. The molecule has 0 heterocycles. The van der Waals surface area contributed by atoms with Crippen molar-refractivity contribution >= 4 is 35.5 Å². The van der Waals surface area contributed by atoms with Crippen molar-refractivity contribution in [2.24, 2.45) is 16.8 Å². The Morgan fingerprint density at radius 1 is 1.10 bits per heavy atom. The molecule has 4 N–H and O–H groups in total. The molecule has 1 atom stereocenters. The van der Waals surface area contributed by atoms with E-state index in [1.54, 1.807) is 48.5 Å². The number of halogens is 1. The van der Waals surface area contributed by atoms with Crippen molar-refractivity contribution in [3.05, 3.63) is 64.7 Å². The first-order valence-corrected chi connectivity index (χ1v) is 9.54. The molecular weight excluding hydrogens is 408 g/mol.